The number of methoxy groups -OCH3 is 1. The Bertz CT molecular complexity index is 1300. The van der Waals surface area contributed by atoms with Crippen molar-refractivity contribution >= 4 is 11.8 Å². The molecule has 2 aromatic rings. The van der Waals surface area contributed by atoms with Gasteiger partial charge in [0, 0.05) is 30.6 Å². The summed E-state index contributed by atoms with van der Waals surface area (Å²) in [6, 6.07) is 8.47. The summed E-state index contributed by atoms with van der Waals surface area (Å²) in [5.74, 6) is -0.792. The average Bonchev–Trinajstić information content (AvgIpc) is 3.51. The third kappa shape index (κ3) is 7.62. The summed E-state index contributed by atoms with van der Waals surface area (Å²) < 4.78 is 39.9. The van der Waals surface area contributed by atoms with Crippen molar-refractivity contribution in [3.05, 3.63) is 76.9 Å². The summed E-state index contributed by atoms with van der Waals surface area (Å²) in [6.07, 6.45) is 9.25. The van der Waals surface area contributed by atoms with Gasteiger partial charge in [-0.1, -0.05) is 38.0 Å². The van der Waals surface area contributed by atoms with Gasteiger partial charge in [0.15, 0.2) is 0 Å². The third-order valence-corrected chi connectivity index (χ3v) is 8.96. The summed E-state index contributed by atoms with van der Waals surface area (Å²) in [5.41, 5.74) is 2.72. The number of ether oxygens (including phenoxy) is 2. The van der Waals surface area contributed by atoms with Crippen LogP contribution in [-0.4, -0.2) is 55.6 Å². The summed E-state index contributed by atoms with van der Waals surface area (Å²) in [7, 11) is 1.65. The van der Waals surface area contributed by atoms with Gasteiger partial charge in [-0.3, -0.25) is 9.59 Å². The molecule has 0 spiro atoms. The van der Waals surface area contributed by atoms with E-state index in [1.54, 1.807) is 12.0 Å². The van der Waals surface area contributed by atoms with Crippen molar-refractivity contribution in [1.82, 2.24) is 15.5 Å². The van der Waals surface area contributed by atoms with Crippen LogP contribution in [0.2, 0.25) is 0 Å². The van der Waals surface area contributed by atoms with E-state index in [4.69, 9.17) is 9.47 Å². The smallest absolute Gasteiger partial charge is 0.243 e. The van der Waals surface area contributed by atoms with E-state index >= 15 is 0 Å². The Labute approximate surface area is 253 Å². The van der Waals surface area contributed by atoms with Gasteiger partial charge in [-0.05, 0) is 86.0 Å². The number of benzene rings is 2. The summed E-state index contributed by atoms with van der Waals surface area (Å²) in [6.45, 7) is 3.60. The topological polar surface area (TPSA) is 79.9 Å². The molecular formula is C34H43F2N3O4. The number of nitrogens with zero attached hydrogens (tertiary/aromatic N) is 1. The second-order valence-corrected chi connectivity index (χ2v) is 11.9. The summed E-state index contributed by atoms with van der Waals surface area (Å²) in [5, 5.41) is 6.78. The summed E-state index contributed by atoms with van der Waals surface area (Å²) in [4.78, 5) is 28.9. The molecule has 3 aliphatic rings. The lowest BCUT2D eigenvalue weighted by molar-refractivity contribution is -0.139. The molecule has 2 heterocycles. The van der Waals surface area contributed by atoms with Crippen LogP contribution in [0, 0.1) is 17.6 Å². The minimum Gasteiger partial charge on any atom is -0.497 e. The zero-order valence-electron chi connectivity index (χ0n) is 25.1. The van der Waals surface area contributed by atoms with E-state index < -0.39 is 23.7 Å². The highest BCUT2D eigenvalue weighted by Crippen LogP contribution is 2.42. The molecule has 9 heteroatoms. The zero-order valence-corrected chi connectivity index (χ0v) is 25.1. The molecule has 2 N–H and O–H groups in total. The largest absolute Gasteiger partial charge is 0.497 e. The molecular weight excluding hydrogens is 552 g/mol. The Morgan fingerprint density at radius 1 is 1.05 bits per heavy atom. The van der Waals surface area contributed by atoms with Crippen LogP contribution in [0.4, 0.5) is 8.78 Å². The van der Waals surface area contributed by atoms with Gasteiger partial charge in [-0.15, -0.1) is 0 Å². The molecule has 0 aromatic heterocycles. The number of hydrogen-bond acceptors (Lipinski definition) is 5. The van der Waals surface area contributed by atoms with Crippen molar-refractivity contribution < 1.29 is 27.8 Å². The number of fused-ring (bicyclic) bond motifs is 5. The van der Waals surface area contributed by atoms with E-state index in [0.717, 1.165) is 55.0 Å². The van der Waals surface area contributed by atoms with Gasteiger partial charge in [0.05, 0.1) is 19.8 Å². The number of hydrogen-bond donors (Lipinski definition) is 2. The lowest BCUT2D eigenvalue weighted by Crippen LogP contribution is -2.51. The van der Waals surface area contributed by atoms with Gasteiger partial charge >= 0.3 is 0 Å². The number of likely N-dealkylation sites (tertiary alicyclic amines) is 1. The van der Waals surface area contributed by atoms with Crippen LogP contribution < -0.4 is 15.4 Å². The maximum absolute atomic E-state index is 14.1. The molecule has 1 fully saturated rings. The van der Waals surface area contributed by atoms with E-state index in [9.17, 15) is 18.4 Å². The van der Waals surface area contributed by atoms with Crippen molar-refractivity contribution in [1.29, 1.82) is 0 Å². The first-order valence-corrected chi connectivity index (χ1v) is 15.6. The SMILES string of the molecule is CCCC[C@H]1CCN([C@H]2CC=CCO[C@@H]3C[C@H](NCC[C@H](Cc4cc(F)cc(F)c4)NC2=O)c2cc(OC)ccc23)C1=O. The number of amides is 2. The number of carbonyl (C=O) groups is 2. The van der Waals surface area contributed by atoms with Gasteiger partial charge in [-0.25, -0.2) is 8.78 Å². The van der Waals surface area contributed by atoms with Crippen molar-refractivity contribution in [2.24, 2.45) is 5.92 Å². The molecule has 2 amide bonds. The van der Waals surface area contributed by atoms with Crippen molar-refractivity contribution in [3.63, 3.8) is 0 Å². The number of nitrogens with one attached hydrogen (secondary N) is 2. The van der Waals surface area contributed by atoms with E-state index in [1.807, 2.05) is 24.3 Å². The van der Waals surface area contributed by atoms with Crippen LogP contribution in [0.15, 0.2) is 48.6 Å². The minimum atomic E-state index is -0.662. The molecule has 2 aliphatic heterocycles. The number of unbranched alkanes of at least 4 members (excludes halogenated alkanes) is 1. The van der Waals surface area contributed by atoms with Crippen molar-refractivity contribution in [2.45, 2.75) is 82.5 Å². The fourth-order valence-electron chi connectivity index (χ4n) is 6.69. The Hall–Kier alpha value is -3.30. The van der Waals surface area contributed by atoms with Gasteiger partial charge in [-0.2, -0.15) is 0 Å². The lowest BCUT2D eigenvalue weighted by Gasteiger charge is -2.29. The van der Waals surface area contributed by atoms with E-state index in [2.05, 4.69) is 23.6 Å². The highest BCUT2D eigenvalue weighted by Gasteiger charge is 2.38. The first-order chi connectivity index (χ1) is 20.9. The maximum Gasteiger partial charge on any atom is 0.243 e. The van der Waals surface area contributed by atoms with Crippen molar-refractivity contribution in [3.8, 4) is 5.75 Å². The molecule has 5 rings (SSSR count). The van der Waals surface area contributed by atoms with E-state index in [1.165, 1.54) is 12.1 Å². The third-order valence-electron chi connectivity index (χ3n) is 8.96. The van der Waals surface area contributed by atoms with Gasteiger partial charge in [0.25, 0.3) is 0 Å². The number of carbonyl (C=O) groups excluding carboxylic acids is 2. The Kier molecular flexibility index (Phi) is 10.5. The molecule has 0 radical (unpaired) electrons. The fraction of sp³-hybridized carbons (Fsp3) is 0.529. The van der Waals surface area contributed by atoms with Crippen molar-refractivity contribution in [2.75, 3.05) is 26.8 Å². The predicted octanol–water partition coefficient (Wildman–Crippen LogP) is 5.55. The fourth-order valence-corrected chi connectivity index (χ4v) is 6.69. The highest BCUT2D eigenvalue weighted by molar-refractivity contribution is 5.90. The molecule has 5 atom stereocenters. The molecule has 0 unspecified atom stereocenters. The number of halogens is 2. The lowest BCUT2D eigenvalue weighted by atomic mass is 10.0. The predicted molar refractivity (Wildman–Crippen MR) is 161 cm³/mol. The quantitative estimate of drug-likeness (QED) is 0.411. The Morgan fingerprint density at radius 2 is 1.86 bits per heavy atom. The molecule has 1 saturated heterocycles. The molecule has 2 aromatic carbocycles. The van der Waals surface area contributed by atoms with E-state index in [0.29, 0.717) is 38.1 Å². The van der Waals surface area contributed by atoms with E-state index in [-0.39, 0.29) is 36.3 Å². The first kappa shape index (κ1) is 31.1. The van der Waals surface area contributed by atoms with Crippen LogP contribution in [0.5, 0.6) is 5.75 Å². The Morgan fingerprint density at radius 3 is 2.63 bits per heavy atom. The molecule has 0 saturated carbocycles. The first-order valence-electron chi connectivity index (χ1n) is 15.6. The zero-order chi connectivity index (χ0) is 30.3. The van der Waals surface area contributed by atoms with Gasteiger partial charge in [0.1, 0.15) is 23.4 Å². The minimum absolute atomic E-state index is 0.0298. The van der Waals surface area contributed by atoms with Crippen LogP contribution in [0.25, 0.3) is 0 Å². The second kappa shape index (κ2) is 14.4. The normalized spacial score (nSPS) is 26.5. The van der Waals surface area contributed by atoms with Crippen LogP contribution >= 0.6 is 0 Å². The van der Waals surface area contributed by atoms with Gasteiger partial charge < -0.3 is 25.0 Å². The van der Waals surface area contributed by atoms with Crippen LogP contribution in [-0.2, 0) is 20.7 Å². The van der Waals surface area contributed by atoms with Crippen LogP contribution in [0.1, 0.15) is 80.7 Å². The maximum atomic E-state index is 14.1. The molecule has 2 bridgehead atoms. The standard InChI is InChI=1S/C34H43F2N3O4/c1-3-4-7-23-12-14-39(34(23)41)31-8-5-6-15-43-32-21-30(29-20-27(42-2)9-10-28(29)32)37-13-11-26(38-33(31)40)18-22-16-24(35)19-25(36)17-22/h5-6,9-10,16-17,19-20,23,26,30-32,37H,3-4,7-8,11-15,18,21H2,1-2H3,(H,38,40)/t23-,26+,30-,31-,32+/m0/s1. The Balaban J connectivity index is 1.40. The molecule has 1 aliphatic carbocycles. The van der Waals surface area contributed by atoms with Gasteiger partial charge in [0.2, 0.25) is 11.8 Å². The van der Waals surface area contributed by atoms with Crippen LogP contribution in [0.3, 0.4) is 0 Å². The number of rotatable bonds is 7. The monoisotopic (exact) mass is 595 g/mol. The average molecular weight is 596 g/mol. The highest BCUT2D eigenvalue weighted by atomic mass is 19.1. The second-order valence-electron chi connectivity index (χ2n) is 11.9. The molecule has 43 heavy (non-hydrogen) atoms. The summed E-state index contributed by atoms with van der Waals surface area (Å²) >= 11 is 0. The molecule has 7 nitrogen and oxygen atoms in total. The molecule has 232 valence electrons.